The van der Waals surface area contributed by atoms with Gasteiger partial charge in [0.05, 0.1) is 10.5 Å². The Hall–Kier alpha value is -1.47. The van der Waals surface area contributed by atoms with Gasteiger partial charge in [0.15, 0.2) is 0 Å². The van der Waals surface area contributed by atoms with Gasteiger partial charge in [0.1, 0.15) is 0 Å². The number of carbonyl (C=O) groups is 1. The molecule has 1 fully saturated rings. The third-order valence-electron chi connectivity index (χ3n) is 3.80. The number of amides is 1. The number of nitrogens with two attached hydrogens (primary N) is 1. The quantitative estimate of drug-likeness (QED) is 0.682. The SMILES string of the molecule is CCN(C(=O)c1csc([N+](=O)[O-])c1)C1CCC(N)CC1. The second-order valence-electron chi connectivity index (χ2n) is 5.09. The van der Waals surface area contributed by atoms with Gasteiger partial charge in [-0.3, -0.25) is 14.9 Å². The summed E-state index contributed by atoms with van der Waals surface area (Å²) < 4.78 is 0. The minimum absolute atomic E-state index is 0.00932. The van der Waals surface area contributed by atoms with Crippen molar-refractivity contribution in [2.45, 2.75) is 44.7 Å². The van der Waals surface area contributed by atoms with Gasteiger partial charge in [0.25, 0.3) is 5.91 Å². The van der Waals surface area contributed by atoms with Crippen molar-refractivity contribution >= 4 is 22.2 Å². The molecule has 6 nitrogen and oxygen atoms in total. The van der Waals surface area contributed by atoms with Crippen LogP contribution in [-0.2, 0) is 0 Å². The first-order valence-corrected chi connectivity index (χ1v) is 7.70. The number of nitro groups is 1. The summed E-state index contributed by atoms with van der Waals surface area (Å²) in [5, 5.41) is 12.3. The predicted molar refractivity (Wildman–Crippen MR) is 77.9 cm³/mol. The van der Waals surface area contributed by atoms with E-state index in [1.807, 2.05) is 11.8 Å². The molecule has 0 radical (unpaired) electrons. The lowest BCUT2D eigenvalue weighted by Gasteiger charge is -2.35. The number of hydrogen-bond acceptors (Lipinski definition) is 5. The number of hydrogen-bond donors (Lipinski definition) is 1. The first kappa shape index (κ1) is 14.9. The Balaban J connectivity index is 2.10. The molecule has 1 heterocycles. The third kappa shape index (κ3) is 3.16. The number of nitrogens with zero attached hydrogens (tertiary/aromatic N) is 2. The molecule has 0 spiro atoms. The lowest BCUT2D eigenvalue weighted by molar-refractivity contribution is -0.380. The summed E-state index contributed by atoms with van der Waals surface area (Å²) in [7, 11) is 0. The van der Waals surface area contributed by atoms with Crippen LogP contribution in [0.25, 0.3) is 0 Å². The van der Waals surface area contributed by atoms with Gasteiger partial charge >= 0.3 is 5.00 Å². The fourth-order valence-corrected chi connectivity index (χ4v) is 3.38. The highest BCUT2D eigenvalue weighted by Gasteiger charge is 2.28. The topological polar surface area (TPSA) is 89.5 Å². The van der Waals surface area contributed by atoms with Gasteiger partial charge in [-0.05, 0) is 32.6 Å². The van der Waals surface area contributed by atoms with E-state index in [-0.39, 0.29) is 23.0 Å². The molecule has 7 heteroatoms. The van der Waals surface area contributed by atoms with Gasteiger partial charge in [-0.1, -0.05) is 11.3 Å². The highest BCUT2D eigenvalue weighted by Crippen LogP contribution is 2.27. The minimum Gasteiger partial charge on any atom is -0.336 e. The molecular weight excluding hydrogens is 278 g/mol. The van der Waals surface area contributed by atoms with E-state index in [2.05, 4.69) is 0 Å². The van der Waals surface area contributed by atoms with Crippen molar-refractivity contribution in [1.82, 2.24) is 4.90 Å². The predicted octanol–water partition coefficient (Wildman–Crippen LogP) is 2.39. The maximum absolute atomic E-state index is 12.5. The first-order chi connectivity index (χ1) is 9.52. The molecule has 0 unspecified atom stereocenters. The van der Waals surface area contributed by atoms with Crippen LogP contribution in [0.4, 0.5) is 5.00 Å². The van der Waals surface area contributed by atoms with Crippen molar-refractivity contribution in [3.05, 3.63) is 27.1 Å². The highest BCUT2D eigenvalue weighted by atomic mass is 32.1. The van der Waals surface area contributed by atoms with Crippen LogP contribution in [0, 0.1) is 10.1 Å². The van der Waals surface area contributed by atoms with E-state index >= 15 is 0 Å². The van der Waals surface area contributed by atoms with Crippen LogP contribution in [0.5, 0.6) is 0 Å². The monoisotopic (exact) mass is 297 g/mol. The molecule has 0 atom stereocenters. The molecule has 1 aliphatic carbocycles. The molecule has 20 heavy (non-hydrogen) atoms. The van der Waals surface area contributed by atoms with E-state index in [1.165, 1.54) is 6.07 Å². The van der Waals surface area contributed by atoms with E-state index in [4.69, 9.17) is 5.73 Å². The Morgan fingerprint density at radius 2 is 2.15 bits per heavy atom. The molecule has 1 aromatic rings. The van der Waals surface area contributed by atoms with E-state index in [0.29, 0.717) is 12.1 Å². The maximum Gasteiger partial charge on any atom is 0.324 e. The first-order valence-electron chi connectivity index (χ1n) is 6.82. The third-order valence-corrected chi connectivity index (χ3v) is 4.68. The molecule has 110 valence electrons. The van der Waals surface area contributed by atoms with Crippen LogP contribution >= 0.6 is 11.3 Å². The average Bonchev–Trinajstić information content (AvgIpc) is 2.91. The van der Waals surface area contributed by atoms with Gasteiger partial charge in [0, 0.05) is 30.1 Å². The van der Waals surface area contributed by atoms with Crippen molar-refractivity contribution in [2.24, 2.45) is 5.73 Å². The van der Waals surface area contributed by atoms with Crippen LogP contribution in [-0.4, -0.2) is 34.4 Å². The molecule has 0 saturated heterocycles. The van der Waals surface area contributed by atoms with Crippen LogP contribution in [0.3, 0.4) is 0 Å². The summed E-state index contributed by atoms with van der Waals surface area (Å²) >= 11 is 0.994. The molecule has 0 aromatic carbocycles. The molecule has 2 rings (SSSR count). The lowest BCUT2D eigenvalue weighted by Crippen LogP contribution is -2.44. The van der Waals surface area contributed by atoms with E-state index in [1.54, 1.807) is 5.38 Å². The highest BCUT2D eigenvalue weighted by molar-refractivity contribution is 7.13. The van der Waals surface area contributed by atoms with Crippen LogP contribution < -0.4 is 5.73 Å². The molecule has 1 amide bonds. The zero-order valence-electron chi connectivity index (χ0n) is 11.4. The molecule has 1 saturated carbocycles. The average molecular weight is 297 g/mol. The molecule has 2 N–H and O–H groups in total. The number of rotatable bonds is 4. The zero-order valence-corrected chi connectivity index (χ0v) is 12.3. The van der Waals surface area contributed by atoms with E-state index in [0.717, 1.165) is 37.0 Å². The summed E-state index contributed by atoms with van der Waals surface area (Å²) in [6.07, 6.45) is 3.68. The Morgan fingerprint density at radius 3 is 2.65 bits per heavy atom. The van der Waals surface area contributed by atoms with Crippen molar-refractivity contribution < 1.29 is 9.72 Å². The Bertz CT molecular complexity index is 495. The molecule has 0 aliphatic heterocycles. The molecule has 0 bridgehead atoms. The summed E-state index contributed by atoms with van der Waals surface area (Å²) in [5.41, 5.74) is 6.30. The van der Waals surface area contributed by atoms with Gasteiger partial charge in [0.2, 0.25) is 0 Å². The van der Waals surface area contributed by atoms with Crippen molar-refractivity contribution in [3.63, 3.8) is 0 Å². The summed E-state index contributed by atoms with van der Waals surface area (Å²) in [6, 6.07) is 1.80. The van der Waals surface area contributed by atoms with Gasteiger partial charge in [-0.15, -0.1) is 0 Å². The largest absolute Gasteiger partial charge is 0.336 e. The maximum atomic E-state index is 12.5. The van der Waals surface area contributed by atoms with Crippen molar-refractivity contribution in [2.75, 3.05) is 6.54 Å². The summed E-state index contributed by atoms with van der Waals surface area (Å²) in [4.78, 5) is 24.5. The standard InChI is InChI=1S/C13H19N3O3S/c1-2-15(11-5-3-10(14)4-6-11)13(17)9-7-12(16(18)19)20-8-9/h7-8,10-11H,2-6,14H2,1H3. The van der Waals surface area contributed by atoms with Gasteiger partial charge in [-0.25, -0.2) is 0 Å². The van der Waals surface area contributed by atoms with E-state index < -0.39 is 4.92 Å². The van der Waals surface area contributed by atoms with Crippen LogP contribution in [0.1, 0.15) is 43.0 Å². The second kappa shape index (κ2) is 6.32. The fourth-order valence-electron chi connectivity index (χ4n) is 2.68. The fraction of sp³-hybridized carbons (Fsp3) is 0.615. The number of carbonyl (C=O) groups excluding carboxylic acids is 1. The zero-order chi connectivity index (χ0) is 14.7. The molecule has 1 aromatic heterocycles. The van der Waals surface area contributed by atoms with Gasteiger partial charge < -0.3 is 10.6 Å². The lowest BCUT2D eigenvalue weighted by atomic mass is 9.90. The van der Waals surface area contributed by atoms with Crippen LogP contribution in [0.15, 0.2) is 11.4 Å². The van der Waals surface area contributed by atoms with Crippen LogP contribution in [0.2, 0.25) is 0 Å². The Kier molecular flexibility index (Phi) is 4.72. The van der Waals surface area contributed by atoms with Gasteiger partial charge in [-0.2, -0.15) is 0 Å². The van der Waals surface area contributed by atoms with E-state index in [9.17, 15) is 14.9 Å². The Labute approximate surface area is 121 Å². The van der Waals surface area contributed by atoms with Crippen molar-refractivity contribution in [1.29, 1.82) is 0 Å². The second-order valence-corrected chi connectivity index (χ2v) is 5.98. The minimum atomic E-state index is -0.461. The smallest absolute Gasteiger partial charge is 0.324 e. The summed E-state index contributed by atoms with van der Waals surface area (Å²) in [6.45, 7) is 2.55. The van der Waals surface area contributed by atoms with Crippen molar-refractivity contribution in [3.8, 4) is 0 Å². The Morgan fingerprint density at radius 1 is 1.50 bits per heavy atom. The molecule has 1 aliphatic rings. The normalized spacial score (nSPS) is 22.5. The number of thiophene rings is 1. The summed E-state index contributed by atoms with van der Waals surface area (Å²) in [5.74, 6) is -0.114. The molecular formula is C13H19N3O3S.